The van der Waals surface area contributed by atoms with Crippen LogP contribution in [0.5, 0.6) is 11.5 Å². The molecule has 3 aromatic rings. The van der Waals surface area contributed by atoms with Gasteiger partial charge in [-0.3, -0.25) is 19.4 Å². The third kappa shape index (κ3) is 4.78. The molecule has 35 heavy (non-hydrogen) atoms. The highest BCUT2D eigenvalue weighted by molar-refractivity contribution is 6.16. The number of nitrogens with zero attached hydrogens (tertiary/aromatic N) is 2. The molecule has 1 aliphatic rings. The zero-order valence-electron chi connectivity index (χ0n) is 20.7. The Bertz CT molecular complexity index is 1280. The normalized spacial score (nSPS) is 16.5. The number of methoxy groups -OCH3 is 2. The fourth-order valence-electron chi connectivity index (χ4n) is 4.36. The summed E-state index contributed by atoms with van der Waals surface area (Å²) >= 11 is 0. The predicted octanol–water partition coefficient (Wildman–Crippen LogP) is 5.17. The molecule has 6 nitrogen and oxygen atoms in total. The van der Waals surface area contributed by atoms with E-state index in [1.165, 1.54) is 4.90 Å². The van der Waals surface area contributed by atoms with Crippen LogP contribution < -0.4 is 19.3 Å². The number of benzene rings is 3. The first-order chi connectivity index (χ1) is 16.8. The second-order valence-electron chi connectivity index (χ2n) is 8.70. The lowest BCUT2D eigenvalue weighted by Gasteiger charge is -2.41. The SMILES string of the molecule is COc1ccc(OC)c(N2CC(=O)N(c3ccc(C)c(C)c3)C(/C(C)=C/c3ccccc3)C2=O)c1. The number of anilines is 2. The summed E-state index contributed by atoms with van der Waals surface area (Å²) in [5, 5.41) is 0. The number of aryl methyl sites for hydroxylation is 2. The van der Waals surface area contributed by atoms with E-state index in [4.69, 9.17) is 9.47 Å². The van der Waals surface area contributed by atoms with Gasteiger partial charge in [0.05, 0.1) is 19.9 Å². The van der Waals surface area contributed by atoms with Crippen LogP contribution in [0.2, 0.25) is 0 Å². The molecule has 4 rings (SSSR count). The molecule has 0 aliphatic carbocycles. The Morgan fingerprint density at radius 3 is 2.31 bits per heavy atom. The van der Waals surface area contributed by atoms with Gasteiger partial charge in [0, 0.05) is 11.8 Å². The summed E-state index contributed by atoms with van der Waals surface area (Å²) in [7, 11) is 3.10. The van der Waals surface area contributed by atoms with Crippen LogP contribution in [0.15, 0.2) is 72.3 Å². The van der Waals surface area contributed by atoms with Crippen LogP contribution in [0.1, 0.15) is 23.6 Å². The molecule has 0 saturated carbocycles. The van der Waals surface area contributed by atoms with Gasteiger partial charge in [0.1, 0.15) is 24.1 Å². The van der Waals surface area contributed by atoms with E-state index in [0.29, 0.717) is 22.9 Å². The lowest BCUT2D eigenvalue weighted by molar-refractivity contribution is -0.127. The zero-order valence-corrected chi connectivity index (χ0v) is 20.7. The van der Waals surface area contributed by atoms with Gasteiger partial charge >= 0.3 is 0 Å². The summed E-state index contributed by atoms with van der Waals surface area (Å²) in [6, 6.07) is 20.0. The quantitative estimate of drug-likeness (QED) is 0.499. The van der Waals surface area contributed by atoms with Gasteiger partial charge in [0.25, 0.3) is 5.91 Å². The molecule has 0 spiro atoms. The fourth-order valence-corrected chi connectivity index (χ4v) is 4.36. The summed E-state index contributed by atoms with van der Waals surface area (Å²) < 4.78 is 10.9. The standard InChI is InChI=1S/C29H30N2O4/c1-19-11-12-23(16-20(19)2)31-27(32)18-30(25-17-24(34-4)13-14-26(25)35-5)29(33)28(31)21(3)15-22-9-7-6-8-10-22/h6-17,28H,18H2,1-5H3/b21-15+. The number of ether oxygens (including phenoxy) is 2. The van der Waals surface area contributed by atoms with E-state index in [-0.39, 0.29) is 18.4 Å². The molecule has 3 aromatic carbocycles. The summed E-state index contributed by atoms with van der Waals surface area (Å²) in [5.41, 5.74) is 5.11. The van der Waals surface area contributed by atoms with Gasteiger partial charge in [-0.2, -0.15) is 0 Å². The molecule has 1 heterocycles. The maximum absolute atomic E-state index is 14.1. The predicted molar refractivity (Wildman–Crippen MR) is 139 cm³/mol. The lowest BCUT2D eigenvalue weighted by atomic mass is 9.97. The minimum atomic E-state index is -0.811. The highest BCUT2D eigenvalue weighted by atomic mass is 16.5. The second kappa shape index (κ2) is 10.1. The van der Waals surface area contributed by atoms with Gasteiger partial charge in [-0.25, -0.2) is 0 Å². The molecule has 1 aliphatic heterocycles. The van der Waals surface area contributed by atoms with E-state index in [0.717, 1.165) is 22.3 Å². The summed E-state index contributed by atoms with van der Waals surface area (Å²) in [5.74, 6) is 0.684. The van der Waals surface area contributed by atoms with Crippen molar-refractivity contribution in [3.8, 4) is 11.5 Å². The van der Waals surface area contributed by atoms with Crippen molar-refractivity contribution in [3.05, 3.63) is 89.0 Å². The van der Waals surface area contributed by atoms with E-state index >= 15 is 0 Å². The number of hydrogen-bond acceptors (Lipinski definition) is 4. The molecule has 1 fully saturated rings. The highest BCUT2D eigenvalue weighted by Gasteiger charge is 2.42. The molecule has 180 valence electrons. The second-order valence-corrected chi connectivity index (χ2v) is 8.70. The molecule has 0 radical (unpaired) electrons. The molecule has 1 unspecified atom stereocenters. The van der Waals surface area contributed by atoms with E-state index in [1.807, 2.05) is 75.4 Å². The monoisotopic (exact) mass is 470 g/mol. The van der Waals surface area contributed by atoms with Gasteiger partial charge < -0.3 is 9.47 Å². The number of carbonyl (C=O) groups excluding carboxylic acids is 2. The number of hydrogen-bond donors (Lipinski definition) is 0. The van der Waals surface area contributed by atoms with Crippen molar-refractivity contribution in [2.24, 2.45) is 0 Å². The number of amides is 2. The van der Waals surface area contributed by atoms with Crippen molar-refractivity contribution in [1.82, 2.24) is 0 Å². The van der Waals surface area contributed by atoms with E-state index in [9.17, 15) is 9.59 Å². The van der Waals surface area contributed by atoms with Crippen molar-refractivity contribution in [2.75, 3.05) is 30.6 Å². The number of rotatable bonds is 6. The van der Waals surface area contributed by atoms with E-state index in [2.05, 4.69) is 0 Å². The number of piperazine rings is 1. The van der Waals surface area contributed by atoms with Crippen molar-refractivity contribution in [3.63, 3.8) is 0 Å². The molecular formula is C29H30N2O4. The van der Waals surface area contributed by atoms with Crippen LogP contribution in [0, 0.1) is 13.8 Å². The molecule has 2 amide bonds. The largest absolute Gasteiger partial charge is 0.497 e. The van der Waals surface area contributed by atoms with E-state index < -0.39 is 6.04 Å². The van der Waals surface area contributed by atoms with Crippen LogP contribution >= 0.6 is 0 Å². The Hall–Kier alpha value is -4.06. The summed E-state index contributed by atoms with van der Waals surface area (Å²) in [4.78, 5) is 30.9. The maximum Gasteiger partial charge on any atom is 0.255 e. The third-order valence-corrected chi connectivity index (χ3v) is 6.39. The molecule has 1 atom stereocenters. The molecule has 0 N–H and O–H groups in total. The van der Waals surface area contributed by atoms with Gasteiger partial charge in [-0.1, -0.05) is 42.5 Å². The first-order valence-corrected chi connectivity index (χ1v) is 11.5. The zero-order chi connectivity index (χ0) is 25.1. The summed E-state index contributed by atoms with van der Waals surface area (Å²) in [6.45, 7) is 5.81. The minimum absolute atomic E-state index is 0.107. The van der Waals surface area contributed by atoms with Crippen molar-refractivity contribution in [1.29, 1.82) is 0 Å². The Balaban J connectivity index is 1.85. The smallest absolute Gasteiger partial charge is 0.255 e. The molecule has 1 saturated heterocycles. The van der Waals surface area contributed by atoms with Gasteiger partial charge in [0.15, 0.2) is 0 Å². The Labute approximate surface area is 206 Å². The molecule has 6 heteroatoms. The average Bonchev–Trinajstić information content (AvgIpc) is 2.86. The maximum atomic E-state index is 14.1. The third-order valence-electron chi connectivity index (χ3n) is 6.39. The van der Waals surface area contributed by atoms with Crippen LogP contribution in [0.3, 0.4) is 0 Å². The average molecular weight is 471 g/mol. The van der Waals surface area contributed by atoms with Gasteiger partial charge in [-0.05, 0) is 67.3 Å². The van der Waals surface area contributed by atoms with Gasteiger partial charge in [0.2, 0.25) is 5.91 Å². The first-order valence-electron chi connectivity index (χ1n) is 11.5. The van der Waals surface area contributed by atoms with E-state index in [1.54, 1.807) is 37.3 Å². The van der Waals surface area contributed by atoms with Crippen LogP contribution in [-0.2, 0) is 9.59 Å². The highest BCUT2D eigenvalue weighted by Crippen LogP contribution is 2.37. The number of carbonyl (C=O) groups is 2. The van der Waals surface area contributed by atoms with Crippen molar-refractivity contribution < 1.29 is 19.1 Å². The Morgan fingerprint density at radius 2 is 1.66 bits per heavy atom. The Morgan fingerprint density at radius 1 is 0.914 bits per heavy atom. The molecular weight excluding hydrogens is 440 g/mol. The van der Waals surface area contributed by atoms with Crippen molar-refractivity contribution >= 4 is 29.3 Å². The van der Waals surface area contributed by atoms with Gasteiger partial charge in [-0.15, -0.1) is 0 Å². The van der Waals surface area contributed by atoms with Crippen molar-refractivity contribution in [2.45, 2.75) is 26.8 Å². The van der Waals surface area contributed by atoms with Crippen LogP contribution in [0.4, 0.5) is 11.4 Å². The first kappa shape index (κ1) is 24.1. The Kier molecular flexibility index (Phi) is 6.92. The molecule has 0 bridgehead atoms. The van der Waals surface area contributed by atoms with Crippen LogP contribution in [-0.4, -0.2) is 38.6 Å². The lowest BCUT2D eigenvalue weighted by Crippen LogP contribution is -2.61. The fraction of sp³-hybridized carbons (Fsp3) is 0.241. The minimum Gasteiger partial charge on any atom is -0.497 e. The topological polar surface area (TPSA) is 59.1 Å². The molecule has 0 aromatic heterocycles. The summed E-state index contributed by atoms with van der Waals surface area (Å²) in [6.07, 6.45) is 1.95. The van der Waals surface area contributed by atoms with Crippen LogP contribution in [0.25, 0.3) is 6.08 Å².